The second-order valence-electron chi connectivity index (χ2n) is 6.36. The molecule has 1 N–H and O–H groups in total. The Kier molecular flexibility index (Phi) is 5.13. The third-order valence-electron chi connectivity index (χ3n) is 4.67. The van der Waals surface area contributed by atoms with E-state index in [-0.39, 0.29) is 17.8 Å². The Morgan fingerprint density at radius 3 is 2.83 bits per heavy atom. The lowest BCUT2D eigenvalue weighted by Gasteiger charge is -2.31. The molecule has 1 aromatic heterocycles. The van der Waals surface area contributed by atoms with E-state index >= 15 is 0 Å². The fourth-order valence-electron chi connectivity index (χ4n) is 3.23. The minimum atomic E-state index is -0.000954. The molecule has 2 aliphatic heterocycles. The van der Waals surface area contributed by atoms with Gasteiger partial charge in [0.1, 0.15) is 5.69 Å². The summed E-state index contributed by atoms with van der Waals surface area (Å²) in [5.41, 5.74) is 1.11. The molecular formula is C17H25N3O3. The smallest absolute Gasteiger partial charge is 0.270 e. The first-order chi connectivity index (χ1) is 11.2. The molecule has 6 heteroatoms. The van der Waals surface area contributed by atoms with Crippen LogP contribution in [0.4, 0.5) is 0 Å². The topological polar surface area (TPSA) is 65.6 Å². The number of likely N-dealkylation sites (tertiary alicyclic amines) is 1. The van der Waals surface area contributed by atoms with E-state index in [9.17, 15) is 9.59 Å². The summed E-state index contributed by atoms with van der Waals surface area (Å²) in [6.07, 6.45) is 4.96. The number of amides is 1. The first-order valence-electron chi connectivity index (χ1n) is 8.52. The maximum absolute atomic E-state index is 12.4. The first kappa shape index (κ1) is 16.2. The van der Waals surface area contributed by atoms with Crippen LogP contribution in [0.1, 0.15) is 47.0 Å². The highest BCUT2D eigenvalue weighted by atomic mass is 16.5. The van der Waals surface area contributed by atoms with Crippen LogP contribution < -0.4 is 0 Å². The van der Waals surface area contributed by atoms with Gasteiger partial charge in [-0.15, -0.1) is 0 Å². The number of morpholine rings is 1. The number of rotatable bonds is 5. The van der Waals surface area contributed by atoms with Crippen LogP contribution in [0.25, 0.3) is 0 Å². The van der Waals surface area contributed by atoms with Crippen molar-refractivity contribution in [2.45, 2.75) is 32.3 Å². The fourth-order valence-corrected chi connectivity index (χ4v) is 3.23. The summed E-state index contributed by atoms with van der Waals surface area (Å²) in [7, 11) is 0. The number of carbonyl (C=O) groups excluding carboxylic acids is 2. The molecule has 0 bridgehead atoms. The zero-order valence-corrected chi connectivity index (χ0v) is 13.7. The van der Waals surface area contributed by atoms with Gasteiger partial charge in [-0.25, -0.2) is 0 Å². The van der Waals surface area contributed by atoms with Crippen molar-refractivity contribution in [2.75, 3.05) is 39.3 Å². The van der Waals surface area contributed by atoms with Crippen molar-refractivity contribution in [3.8, 4) is 0 Å². The standard InChI is InChI=1S/C17H25N3O3/c1-2-14-11-19(7-8-23-14)12-16(21)13-9-15(18-10-13)17(22)20-5-3-4-6-20/h9-10,14,18H,2-8,11-12H2,1H3/t14-/m0/s1. The predicted molar refractivity (Wildman–Crippen MR) is 86.7 cm³/mol. The van der Waals surface area contributed by atoms with Crippen molar-refractivity contribution in [3.05, 3.63) is 23.5 Å². The Morgan fingerprint density at radius 2 is 2.09 bits per heavy atom. The van der Waals surface area contributed by atoms with Crippen LogP contribution in [0.3, 0.4) is 0 Å². The van der Waals surface area contributed by atoms with Crippen molar-refractivity contribution in [3.63, 3.8) is 0 Å². The van der Waals surface area contributed by atoms with Gasteiger partial charge in [0.05, 0.1) is 19.3 Å². The van der Waals surface area contributed by atoms with Crippen LogP contribution in [0, 0.1) is 0 Å². The van der Waals surface area contributed by atoms with E-state index in [1.807, 2.05) is 4.90 Å². The summed E-state index contributed by atoms with van der Waals surface area (Å²) in [5, 5.41) is 0. The second-order valence-corrected chi connectivity index (χ2v) is 6.36. The molecule has 3 rings (SSSR count). The summed E-state index contributed by atoms with van der Waals surface area (Å²) in [6.45, 7) is 6.37. The summed E-state index contributed by atoms with van der Waals surface area (Å²) in [4.78, 5) is 31.7. The van der Waals surface area contributed by atoms with Crippen molar-refractivity contribution >= 4 is 11.7 Å². The number of ether oxygens (including phenoxy) is 1. The van der Waals surface area contributed by atoms with Gasteiger partial charge < -0.3 is 14.6 Å². The summed E-state index contributed by atoms with van der Waals surface area (Å²) in [6, 6.07) is 1.70. The Hall–Kier alpha value is -1.66. The average molecular weight is 319 g/mol. The van der Waals surface area contributed by atoms with Crippen LogP contribution in [0.2, 0.25) is 0 Å². The molecule has 1 amide bonds. The highest BCUT2D eigenvalue weighted by Gasteiger charge is 2.24. The largest absolute Gasteiger partial charge is 0.376 e. The van der Waals surface area contributed by atoms with Crippen LogP contribution in [0.15, 0.2) is 12.3 Å². The van der Waals surface area contributed by atoms with Crippen molar-refractivity contribution in [1.82, 2.24) is 14.8 Å². The predicted octanol–water partition coefficient (Wildman–Crippen LogP) is 1.54. The summed E-state index contributed by atoms with van der Waals surface area (Å²) < 4.78 is 5.63. The van der Waals surface area contributed by atoms with Gasteiger partial charge in [0.15, 0.2) is 5.78 Å². The van der Waals surface area contributed by atoms with E-state index in [1.54, 1.807) is 12.3 Å². The van der Waals surface area contributed by atoms with Gasteiger partial charge in [0, 0.05) is 37.9 Å². The molecule has 0 aromatic carbocycles. The van der Waals surface area contributed by atoms with Crippen LogP contribution in [-0.4, -0.2) is 71.9 Å². The summed E-state index contributed by atoms with van der Waals surface area (Å²) in [5.74, 6) is 0.0532. The van der Waals surface area contributed by atoms with Crippen molar-refractivity contribution in [1.29, 1.82) is 0 Å². The Labute approximate surface area is 136 Å². The lowest BCUT2D eigenvalue weighted by atomic mass is 10.1. The molecule has 2 saturated heterocycles. The number of aromatic amines is 1. The van der Waals surface area contributed by atoms with E-state index < -0.39 is 0 Å². The third kappa shape index (κ3) is 3.82. The summed E-state index contributed by atoms with van der Waals surface area (Å²) >= 11 is 0. The maximum Gasteiger partial charge on any atom is 0.270 e. The number of H-pyrrole nitrogens is 1. The highest BCUT2D eigenvalue weighted by molar-refractivity contribution is 6.01. The quantitative estimate of drug-likeness (QED) is 0.836. The molecule has 0 saturated carbocycles. The van der Waals surface area contributed by atoms with Gasteiger partial charge in [0.25, 0.3) is 5.91 Å². The van der Waals surface area contributed by atoms with E-state index in [0.717, 1.165) is 45.4 Å². The number of hydrogen-bond donors (Lipinski definition) is 1. The monoisotopic (exact) mass is 319 g/mol. The zero-order chi connectivity index (χ0) is 16.2. The number of Topliss-reactive ketones (excluding diaryl/α,β-unsaturated/α-hetero) is 1. The number of carbonyl (C=O) groups is 2. The Balaban J connectivity index is 1.58. The average Bonchev–Trinajstić information content (AvgIpc) is 3.26. The molecule has 23 heavy (non-hydrogen) atoms. The highest BCUT2D eigenvalue weighted by Crippen LogP contribution is 2.14. The van der Waals surface area contributed by atoms with E-state index in [1.165, 1.54) is 0 Å². The van der Waals surface area contributed by atoms with Crippen molar-refractivity contribution < 1.29 is 14.3 Å². The molecular weight excluding hydrogens is 294 g/mol. The lowest BCUT2D eigenvalue weighted by molar-refractivity contribution is -0.0271. The minimum absolute atomic E-state index is 0.000954. The number of aromatic nitrogens is 1. The number of nitrogens with zero attached hydrogens (tertiary/aromatic N) is 2. The van der Waals surface area contributed by atoms with Gasteiger partial charge in [-0.1, -0.05) is 6.92 Å². The van der Waals surface area contributed by atoms with Gasteiger partial charge in [-0.3, -0.25) is 14.5 Å². The molecule has 6 nitrogen and oxygen atoms in total. The molecule has 0 spiro atoms. The van der Waals surface area contributed by atoms with E-state index in [0.29, 0.717) is 24.4 Å². The molecule has 1 atom stereocenters. The Bertz CT molecular complexity index is 563. The Morgan fingerprint density at radius 1 is 1.30 bits per heavy atom. The molecule has 0 unspecified atom stereocenters. The van der Waals surface area contributed by atoms with Gasteiger partial charge in [-0.2, -0.15) is 0 Å². The van der Waals surface area contributed by atoms with Crippen LogP contribution in [-0.2, 0) is 4.74 Å². The molecule has 3 heterocycles. The molecule has 0 aliphatic carbocycles. The van der Waals surface area contributed by atoms with Gasteiger partial charge in [0.2, 0.25) is 0 Å². The molecule has 2 fully saturated rings. The van der Waals surface area contributed by atoms with Crippen LogP contribution in [0.5, 0.6) is 0 Å². The molecule has 1 aromatic rings. The SMILES string of the molecule is CC[C@H]1CN(CC(=O)c2c[nH]c(C(=O)N3CCCC3)c2)CCO1. The minimum Gasteiger partial charge on any atom is -0.376 e. The molecule has 0 radical (unpaired) electrons. The normalized spacial score (nSPS) is 22.5. The number of hydrogen-bond acceptors (Lipinski definition) is 4. The third-order valence-corrected chi connectivity index (χ3v) is 4.67. The van der Waals surface area contributed by atoms with E-state index in [2.05, 4.69) is 16.8 Å². The van der Waals surface area contributed by atoms with Crippen LogP contribution >= 0.6 is 0 Å². The molecule has 2 aliphatic rings. The lowest BCUT2D eigenvalue weighted by Crippen LogP contribution is -2.44. The van der Waals surface area contributed by atoms with Gasteiger partial charge in [-0.05, 0) is 25.3 Å². The molecule has 126 valence electrons. The van der Waals surface area contributed by atoms with Gasteiger partial charge >= 0.3 is 0 Å². The first-order valence-corrected chi connectivity index (χ1v) is 8.52. The zero-order valence-electron chi connectivity index (χ0n) is 13.7. The van der Waals surface area contributed by atoms with E-state index in [4.69, 9.17) is 4.74 Å². The number of nitrogens with one attached hydrogen (secondary N) is 1. The number of ketones is 1. The maximum atomic E-state index is 12.4. The fraction of sp³-hybridized carbons (Fsp3) is 0.647. The van der Waals surface area contributed by atoms with Crippen molar-refractivity contribution in [2.24, 2.45) is 0 Å². The second kappa shape index (κ2) is 7.27.